The highest BCUT2D eigenvalue weighted by atomic mass is 19.1. The Kier molecular flexibility index (Phi) is 5.54. The minimum atomic E-state index is -0.797. The molecule has 5 nitrogen and oxygen atoms in total. The van der Waals surface area contributed by atoms with Gasteiger partial charge < -0.3 is 14.2 Å². The second-order valence-corrected chi connectivity index (χ2v) is 7.08. The summed E-state index contributed by atoms with van der Waals surface area (Å²) in [7, 11) is 0. The summed E-state index contributed by atoms with van der Waals surface area (Å²) in [5.41, 5.74) is 0.216. The number of nitrogens with zero attached hydrogens (tertiary/aromatic N) is 2. The van der Waals surface area contributed by atoms with E-state index in [1.807, 2.05) is 0 Å². The van der Waals surface area contributed by atoms with Crippen molar-refractivity contribution in [2.75, 3.05) is 13.1 Å². The highest BCUT2D eigenvalue weighted by Gasteiger charge is 2.29. The molecule has 1 fully saturated rings. The molecule has 0 bridgehead atoms. The van der Waals surface area contributed by atoms with Crippen LogP contribution in [0.5, 0.6) is 5.75 Å². The summed E-state index contributed by atoms with van der Waals surface area (Å²) >= 11 is 0. The lowest BCUT2D eigenvalue weighted by Crippen LogP contribution is -2.29. The van der Waals surface area contributed by atoms with Gasteiger partial charge in [0.1, 0.15) is 12.4 Å². The first-order valence-electron chi connectivity index (χ1n) is 8.75. The number of benzene rings is 1. The summed E-state index contributed by atoms with van der Waals surface area (Å²) in [6, 6.07) is 4.55. The molecule has 0 aliphatic carbocycles. The zero-order valence-electron chi connectivity index (χ0n) is 14.9. The minimum absolute atomic E-state index is 0.0910. The summed E-state index contributed by atoms with van der Waals surface area (Å²) in [4.78, 5) is 14.3. The SMILES string of the molecule is CC(C)CC1CCN(C(=O)c2cc(COc3ccc(F)cc3F)on2)C1. The van der Waals surface area contributed by atoms with Crippen molar-refractivity contribution < 1.29 is 22.8 Å². The van der Waals surface area contributed by atoms with Crippen LogP contribution in [0.25, 0.3) is 0 Å². The summed E-state index contributed by atoms with van der Waals surface area (Å²) in [6.07, 6.45) is 2.10. The van der Waals surface area contributed by atoms with Gasteiger partial charge in [0.15, 0.2) is 23.0 Å². The first-order chi connectivity index (χ1) is 12.4. The monoisotopic (exact) mass is 364 g/mol. The molecule has 1 aromatic heterocycles. The number of amides is 1. The van der Waals surface area contributed by atoms with E-state index in [4.69, 9.17) is 9.26 Å². The predicted octanol–water partition coefficient (Wildman–Crippen LogP) is 4.04. The van der Waals surface area contributed by atoms with Crippen LogP contribution in [-0.2, 0) is 6.61 Å². The summed E-state index contributed by atoms with van der Waals surface area (Å²) < 4.78 is 36.8. The Balaban J connectivity index is 1.56. The molecule has 140 valence electrons. The number of ether oxygens (including phenoxy) is 1. The maximum absolute atomic E-state index is 13.5. The quantitative estimate of drug-likeness (QED) is 0.776. The van der Waals surface area contributed by atoms with E-state index in [1.54, 1.807) is 4.90 Å². The van der Waals surface area contributed by atoms with Crippen LogP contribution in [0.15, 0.2) is 28.8 Å². The summed E-state index contributed by atoms with van der Waals surface area (Å²) in [5, 5.41) is 3.80. The van der Waals surface area contributed by atoms with E-state index in [-0.39, 0.29) is 24.0 Å². The van der Waals surface area contributed by atoms with Crippen molar-refractivity contribution in [2.24, 2.45) is 11.8 Å². The van der Waals surface area contributed by atoms with Crippen LogP contribution < -0.4 is 4.74 Å². The Morgan fingerprint density at radius 1 is 1.38 bits per heavy atom. The normalized spacial score (nSPS) is 17.1. The number of likely N-dealkylation sites (tertiary alicyclic amines) is 1. The van der Waals surface area contributed by atoms with Gasteiger partial charge in [-0.3, -0.25) is 4.79 Å². The van der Waals surface area contributed by atoms with Crippen molar-refractivity contribution in [1.82, 2.24) is 10.1 Å². The molecule has 2 heterocycles. The lowest BCUT2D eigenvalue weighted by molar-refractivity contribution is 0.0775. The van der Waals surface area contributed by atoms with Crippen molar-refractivity contribution in [2.45, 2.75) is 33.3 Å². The van der Waals surface area contributed by atoms with Crippen LogP contribution in [-0.4, -0.2) is 29.1 Å². The molecule has 0 saturated carbocycles. The van der Waals surface area contributed by atoms with Gasteiger partial charge in [-0.25, -0.2) is 8.78 Å². The van der Waals surface area contributed by atoms with Gasteiger partial charge in [0.25, 0.3) is 5.91 Å². The van der Waals surface area contributed by atoms with Crippen molar-refractivity contribution >= 4 is 5.91 Å². The Hall–Kier alpha value is -2.44. The van der Waals surface area contributed by atoms with Gasteiger partial charge in [-0.15, -0.1) is 0 Å². The number of carbonyl (C=O) groups is 1. The van der Waals surface area contributed by atoms with E-state index in [1.165, 1.54) is 12.1 Å². The Morgan fingerprint density at radius 2 is 2.19 bits per heavy atom. The van der Waals surface area contributed by atoms with Gasteiger partial charge in [-0.2, -0.15) is 0 Å². The fraction of sp³-hybridized carbons (Fsp3) is 0.474. The summed E-state index contributed by atoms with van der Waals surface area (Å²) in [5.74, 6) is -0.299. The number of halogens is 2. The average Bonchev–Trinajstić information content (AvgIpc) is 3.22. The van der Waals surface area contributed by atoms with Crippen LogP contribution in [0.3, 0.4) is 0 Å². The molecule has 3 rings (SSSR count). The highest BCUT2D eigenvalue weighted by molar-refractivity contribution is 5.92. The van der Waals surface area contributed by atoms with E-state index in [2.05, 4.69) is 19.0 Å². The van der Waals surface area contributed by atoms with E-state index in [0.717, 1.165) is 38.1 Å². The Morgan fingerprint density at radius 3 is 2.92 bits per heavy atom. The molecule has 1 amide bonds. The van der Waals surface area contributed by atoms with Gasteiger partial charge in [-0.05, 0) is 36.8 Å². The van der Waals surface area contributed by atoms with Gasteiger partial charge in [0, 0.05) is 25.2 Å². The topological polar surface area (TPSA) is 55.6 Å². The van der Waals surface area contributed by atoms with E-state index >= 15 is 0 Å². The Bertz CT molecular complexity index is 776. The first-order valence-corrected chi connectivity index (χ1v) is 8.75. The number of rotatable bonds is 6. The molecule has 26 heavy (non-hydrogen) atoms. The smallest absolute Gasteiger partial charge is 0.276 e. The lowest BCUT2D eigenvalue weighted by Gasteiger charge is -2.15. The second kappa shape index (κ2) is 7.85. The molecule has 1 atom stereocenters. The van der Waals surface area contributed by atoms with E-state index in [0.29, 0.717) is 17.6 Å². The molecular weight excluding hydrogens is 342 g/mol. The molecule has 0 radical (unpaired) electrons. The fourth-order valence-corrected chi connectivity index (χ4v) is 3.26. The van der Waals surface area contributed by atoms with Crippen molar-refractivity contribution in [3.8, 4) is 5.75 Å². The predicted molar refractivity (Wildman–Crippen MR) is 90.7 cm³/mol. The van der Waals surface area contributed by atoms with Gasteiger partial charge in [0.05, 0.1) is 0 Å². The van der Waals surface area contributed by atoms with E-state index in [9.17, 15) is 13.6 Å². The van der Waals surface area contributed by atoms with Crippen LogP contribution in [0.4, 0.5) is 8.78 Å². The number of hydrogen-bond acceptors (Lipinski definition) is 4. The second-order valence-electron chi connectivity index (χ2n) is 7.08. The molecule has 0 N–H and O–H groups in total. The highest BCUT2D eigenvalue weighted by Crippen LogP contribution is 2.25. The van der Waals surface area contributed by atoms with Crippen LogP contribution >= 0.6 is 0 Å². The number of carbonyl (C=O) groups excluding carboxylic acids is 1. The van der Waals surface area contributed by atoms with Crippen molar-refractivity contribution in [1.29, 1.82) is 0 Å². The zero-order chi connectivity index (χ0) is 18.7. The molecule has 1 aliphatic heterocycles. The minimum Gasteiger partial charge on any atom is -0.482 e. The standard InChI is InChI=1S/C19H22F2N2O3/c1-12(2)7-13-5-6-23(10-13)19(24)17-9-15(26-22-17)11-25-18-4-3-14(20)8-16(18)21/h3-4,8-9,12-13H,5-7,10-11H2,1-2H3. The molecule has 1 aromatic carbocycles. The fourth-order valence-electron chi connectivity index (χ4n) is 3.26. The van der Waals surface area contributed by atoms with Crippen molar-refractivity contribution in [3.05, 3.63) is 47.4 Å². The maximum Gasteiger partial charge on any atom is 0.276 e. The maximum atomic E-state index is 13.5. The zero-order valence-corrected chi connectivity index (χ0v) is 14.9. The third kappa shape index (κ3) is 4.39. The van der Waals surface area contributed by atoms with Crippen LogP contribution in [0.2, 0.25) is 0 Å². The van der Waals surface area contributed by atoms with Crippen LogP contribution in [0, 0.1) is 23.5 Å². The van der Waals surface area contributed by atoms with Gasteiger partial charge >= 0.3 is 0 Å². The average molecular weight is 364 g/mol. The number of aromatic nitrogens is 1. The molecule has 1 aliphatic rings. The lowest BCUT2D eigenvalue weighted by atomic mass is 9.97. The number of hydrogen-bond donors (Lipinski definition) is 0. The van der Waals surface area contributed by atoms with Crippen molar-refractivity contribution in [3.63, 3.8) is 0 Å². The van der Waals surface area contributed by atoms with Gasteiger partial charge in [0.2, 0.25) is 0 Å². The molecule has 2 aromatic rings. The third-order valence-electron chi connectivity index (χ3n) is 4.42. The summed E-state index contributed by atoms with van der Waals surface area (Å²) in [6.45, 7) is 5.71. The van der Waals surface area contributed by atoms with Crippen LogP contribution in [0.1, 0.15) is 42.9 Å². The molecule has 1 unspecified atom stereocenters. The third-order valence-corrected chi connectivity index (χ3v) is 4.42. The van der Waals surface area contributed by atoms with Gasteiger partial charge in [-0.1, -0.05) is 19.0 Å². The molecule has 7 heteroatoms. The molecular formula is C19H22F2N2O3. The van der Waals surface area contributed by atoms with E-state index < -0.39 is 11.6 Å². The Labute approximate surface area is 150 Å². The molecule has 1 saturated heterocycles. The molecule has 0 spiro atoms. The first kappa shape index (κ1) is 18.4. The largest absolute Gasteiger partial charge is 0.482 e.